The highest BCUT2D eigenvalue weighted by Gasteiger charge is 2.26. The van der Waals surface area contributed by atoms with E-state index in [0.717, 1.165) is 6.07 Å². The zero-order valence-electron chi connectivity index (χ0n) is 19.1. The second kappa shape index (κ2) is 9.49. The van der Waals surface area contributed by atoms with Crippen molar-refractivity contribution in [3.63, 3.8) is 0 Å². The Hall–Kier alpha value is -3.74. The molecule has 1 aromatic carbocycles. The van der Waals surface area contributed by atoms with E-state index < -0.39 is 27.8 Å². The summed E-state index contributed by atoms with van der Waals surface area (Å²) in [5.41, 5.74) is 1.23. The molecular weight excluding hydrogens is 481 g/mol. The Morgan fingerprint density at radius 3 is 2.60 bits per heavy atom. The van der Waals surface area contributed by atoms with Crippen LogP contribution in [0.25, 0.3) is 16.8 Å². The van der Waals surface area contributed by atoms with E-state index in [1.54, 1.807) is 13.0 Å². The molecule has 1 aliphatic rings. The van der Waals surface area contributed by atoms with Crippen LogP contribution in [0.3, 0.4) is 0 Å². The van der Waals surface area contributed by atoms with Crippen LogP contribution in [0.1, 0.15) is 31.9 Å². The van der Waals surface area contributed by atoms with Crippen LogP contribution in [0.5, 0.6) is 5.88 Å². The minimum absolute atomic E-state index is 0.0316. The SMILES string of the molecule is CCC(=O)NS(=O)(=O)c1ccc(-c2c(C)nn3c(OC4CCN(C(=O)O)CC4)ccnc23)c(F)c1. The van der Waals surface area contributed by atoms with Crippen molar-refractivity contribution in [2.24, 2.45) is 0 Å². The first-order valence-electron chi connectivity index (χ1n) is 10.9. The average Bonchev–Trinajstić information content (AvgIpc) is 3.15. The summed E-state index contributed by atoms with van der Waals surface area (Å²) in [6, 6.07) is 4.99. The van der Waals surface area contributed by atoms with Gasteiger partial charge >= 0.3 is 6.09 Å². The Balaban J connectivity index is 1.64. The van der Waals surface area contributed by atoms with E-state index >= 15 is 4.39 Å². The molecule has 11 nitrogen and oxygen atoms in total. The summed E-state index contributed by atoms with van der Waals surface area (Å²) in [4.78, 5) is 27.9. The topological polar surface area (TPSA) is 143 Å². The number of aromatic nitrogens is 3. The summed E-state index contributed by atoms with van der Waals surface area (Å²) in [5, 5.41) is 13.6. The maximum absolute atomic E-state index is 15.1. The summed E-state index contributed by atoms with van der Waals surface area (Å²) < 4.78 is 49.2. The number of aryl methyl sites for hydroxylation is 1. The molecule has 13 heteroatoms. The third kappa shape index (κ3) is 4.90. The third-order valence-corrected chi connectivity index (χ3v) is 7.12. The zero-order valence-corrected chi connectivity index (χ0v) is 19.9. The molecule has 1 fully saturated rings. The van der Waals surface area contributed by atoms with Crippen molar-refractivity contribution in [2.45, 2.75) is 44.1 Å². The number of nitrogens with one attached hydrogen (secondary N) is 1. The Morgan fingerprint density at radius 1 is 1.26 bits per heavy atom. The minimum Gasteiger partial charge on any atom is -0.474 e. The zero-order chi connectivity index (χ0) is 25.3. The van der Waals surface area contributed by atoms with E-state index in [0.29, 0.717) is 48.7 Å². The molecule has 1 saturated heterocycles. The Bertz CT molecular complexity index is 1400. The number of nitrogens with zero attached hydrogens (tertiary/aromatic N) is 4. The molecular formula is C22H24FN5O6S. The van der Waals surface area contributed by atoms with Crippen molar-refractivity contribution in [2.75, 3.05) is 13.1 Å². The second-order valence-electron chi connectivity index (χ2n) is 8.09. The van der Waals surface area contributed by atoms with Crippen molar-refractivity contribution in [1.29, 1.82) is 0 Å². The van der Waals surface area contributed by atoms with E-state index in [1.807, 2.05) is 4.72 Å². The second-order valence-corrected chi connectivity index (χ2v) is 9.77. The smallest absolute Gasteiger partial charge is 0.407 e. The van der Waals surface area contributed by atoms with Gasteiger partial charge in [0.15, 0.2) is 5.65 Å². The van der Waals surface area contributed by atoms with Gasteiger partial charge in [-0.25, -0.2) is 27.3 Å². The molecule has 0 bridgehead atoms. The van der Waals surface area contributed by atoms with E-state index in [4.69, 9.17) is 9.84 Å². The van der Waals surface area contributed by atoms with E-state index in [2.05, 4.69) is 10.1 Å². The number of halogens is 1. The first-order valence-corrected chi connectivity index (χ1v) is 12.4. The van der Waals surface area contributed by atoms with Crippen LogP contribution in [0.4, 0.5) is 9.18 Å². The number of benzene rings is 1. The van der Waals surface area contributed by atoms with Gasteiger partial charge in [0.05, 0.1) is 16.2 Å². The largest absolute Gasteiger partial charge is 0.474 e. The summed E-state index contributed by atoms with van der Waals surface area (Å²) in [5.74, 6) is -1.14. The number of hydrogen-bond donors (Lipinski definition) is 2. The fourth-order valence-corrected chi connectivity index (χ4v) is 4.98. The van der Waals surface area contributed by atoms with Gasteiger partial charge in [-0.2, -0.15) is 9.61 Å². The molecule has 0 saturated carbocycles. The Labute approximate surface area is 200 Å². The van der Waals surface area contributed by atoms with Crippen molar-refractivity contribution < 1.29 is 32.2 Å². The number of sulfonamides is 1. The van der Waals surface area contributed by atoms with Crippen molar-refractivity contribution in [3.8, 4) is 17.0 Å². The number of ether oxygens (including phenoxy) is 1. The van der Waals surface area contributed by atoms with Crippen LogP contribution in [-0.4, -0.2) is 64.2 Å². The first kappa shape index (κ1) is 24.4. The molecule has 0 spiro atoms. The number of hydrogen-bond acceptors (Lipinski definition) is 7. The number of carboxylic acid groups (broad SMARTS) is 1. The maximum atomic E-state index is 15.1. The fourth-order valence-electron chi connectivity index (χ4n) is 3.92. The van der Waals surface area contributed by atoms with Gasteiger partial charge in [0.2, 0.25) is 11.8 Å². The molecule has 3 aromatic rings. The van der Waals surface area contributed by atoms with Crippen LogP contribution in [-0.2, 0) is 14.8 Å². The summed E-state index contributed by atoms with van der Waals surface area (Å²) in [6.45, 7) is 3.89. The molecule has 35 heavy (non-hydrogen) atoms. The van der Waals surface area contributed by atoms with Gasteiger partial charge in [-0.05, 0) is 25.1 Å². The number of carbonyl (C=O) groups excluding carboxylic acids is 1. The quantitative estimate of drug-likeness (QED) is 0.520. The number of rotatable bonds is 6. The first-order chi connectivity index (χ1) is 16.6. The van der Waals surface area contributed by atoms with Gasteiger partial charge in [0, 0.05) is 50.2 Å². The predicted octanol–water partition coefficient (Wildman–Crippen LogP) is 2.58. The highest BCUT2D eigenvalue weighted by atomic mass is 32.2. The van der Waals surface area contributed by atoms with Crippen LogP contribution >= 0.6 is 0 Å². The molecule has 0 aliphatic carbocycles. The summed E-state index contributed by atoms with van der Waals surface area (Å²) >= 11 is 0. The van der Waals surface area contributed by atoms with Gasteiger partial charge in [-0.15, -0.1) is 0 Å². The van der Waals surface area contributed by atoms with Crippen molar-refractivity contribution in [3.05, 3.63) is 42.0 Å². The van der Waals surface area contributed by atoms with Crippen LogP contribution in [0, 0.1) is 12.7 Å². The number of piperidine rings is 1. The molecule has 186 valence electrons. The third-order valence-electron chi connectivity index (χ3n) is 5.75. The van der Waals surface area contributed by atoms with E-state index in [1.165, 1.54) is 34.7 Å². The average molecular weight is 506 g/mol. The lowest BCUT2D eigenvalue weighted by molar-refractivity contribution is -0.119. The molecule has 0 radical (unpaired) electrons. The van der Waals surface area contributed by atoms with Gasteiger partial charge in [0.1, 0.15) is 11.9 Å². The molecule has 4 rings (SSSR count). The van der Waals surface area contributed by atoms with E-state index in [-0.39, 0.29) is 23.0 Å². The lowest BCUT2D eigenvalue weighted by Gasteiger charge is -2.30. The van der Waals surface area contributed by atoms with Crippen LogP contribution in [0.15, 0.2) is 35.4 Å². The van der Waals surface area contributed by atoms with Crippen molar-refractivity contribution in [1.82, 2.24) is 24.2 Å². The van der Waals surface area contributed by atoms with E-state index in [9.17, 15) is 18.0 Å². The molecule has 0 atom stereocenters. The molecule has 1 aliphatic heterocycles. The standard InChI is InChI=1S/C22H24FN5O6S/c1-3-18(29)26-35(32,33)15-4-5-16(17(23)12-15)20-13(2)25-28-19(6-9-24-21(20)28)34-14-7-10-27(11-8-14)22(30)31/h4-6,9,12,14H,3,7-8,10-11H2,1-2H3,(H,26,29)(H,30,31). The van der Waals surface area contributed by atoms with Crippen LogP contribution < -0.4 is 9.46 Å². The molecule has 3 heterocycles. The van der Waals surface area contributed by atoms with Gasteiger partial charge in [-0.1, -0.05) is 6.92 Å². The summed E-state index contributed by atoms with van der Waals surface area (Å²) in [6.07, 6.45) is 1.32. The maximum Gasteiger partial charge on any atom is 0.407 e. The Kier molecular flexibility index (Phi) is 6.61. The van der Waals surface area contributed by atoms with Crippen molar-refractivity contribution >= 4 is 27.7 Å². The predicted molar refractivity (Wildman–Crippen MR) is 122 cm³/mol. The Morgan fingerprint density at radius 2 is 1.97 bits per heavy atom. The number of likely N-dealkylation sites (tertiary alicyclic amines) is 1. The normalized spacial score (nSPS) is 14.8. The highest BCUT2D eigenvalue weighted by Crippen LogP contribution is 2.32. The molecule has 2 amide bonds. The fraction of sp³-hybridized carbons (Fsp3) is 0.364. The van der Waals surface area contributed by atoms with Gasteiger partial charge in [0.25, 0.3) is 10.0 Å². The number of carbonyl (C=O) groups is 2. The number of fused-ring (bicyclic) bond motifs is 1. The van der Waals surface area contributed by atoms with Crippen LogP contribution in [0.2, 0.25) is 0 Å². The minimum atomic E-state index is -4.20. The molecule has 2 N–H and O–H groups in total. The molecule has 2 aromatic heterocycles. The lowest BCUT2D eigenvalue weighted by atomic mass is 10.1. The highest BCUT2D eigenvalue weighted by molar-refractivity contribution is 7.90. The number of amides is 2. The van der Waals surface area contributed by atoms with Gasteiger partial charge < -0.3 is 14.7 Å². The van der Waals surface area contributed by atoms with Gasteiger partial charge in [-0.3, -0.25) is 4.79 Å². The summed E-state index contributed by atoms with van der Waals surface area (Å²) in [7, 11) is -4.20. The monoisotopic (exact) mass is 505 g/mol. The molecule has 0 unspecified atom stereocenters. The lowest BCUT2D eigenvalue weighted by Crippen LogP contribution is -2.41.